The molecule has 0 heterocycles. The van der Waals surface area contributed by atoms with E-state index in [9.17, 15) is 13.2 Å². The Bertz CT molecular complexity index is 879. The van der Waals surface area contributed by atoms with Crippen molar-refractivity contribution in [1.29, 1.82) is 5.26 Å². The average Bonchev–Trinajstić information content (AvgIpc) is 2.52. The van der Waals surface area contributed by atoms with E-state index in [0.29, 0.717) is 23.4 Å². The molecule has 0 amide bonds. The predicted octanol–water partition coefficient (Wildman–Crippen LogP) is 2.78. The second-order valence-corrected chi connectivity index (χ2v) is 7.21. The monoisotopic (exact) mass is 328 g/mol. The van der Waals surface area contributed by atoms with Gasteiger partial charge in [0.1, 0.15) is 0 Å². The highest BCUT2D eigenvalue weighted by molar-refractivity contribution is 7.90. The summed E-state index contributed by atoms with van der Waals surface area (Å²) in [7, 11) is -3.21. The van der Waals surface area contributed by atoms with Crippen molar-refractivity contribution >= 4 is 21.3 Å². The van der Waals surface area contributed by atoms with Gasteiger partial charge in [-0.1, -0.05) is 12.1 Å². The first-order valence-electron chi connectivity index (χ1n) is 6.89. The zero-order valence-corrected chi connectivity index (χ0v) is 13.6. The Hall–Kier alpha value is -2.65. The Balaban J connectivity index is 2.21. The first kappa shape index (κ1) is 16.7. The lowest BCUT2D eigenvalue weighted by Crippen LogP contribution is -2.06. The van der Waals surface area contributed by atoms with Crippen molar-refractivity contribution in [3.05, 3.63) is 59.2 Å². The van der Waals surface area contributed by atoms with Crippen LogP contribution in [-0.2, 0) is 16.4 Å². The van der Waals surface area contributed by atoms with E-state index in [4.69, 9.17) is 5.26 Å². The number of sulfone groups is 1. The number of hydrogen-bond acceptors (Lipinski definition) is 5. The summed E-state index contributed by atoms with van der Waals surface area (Å²) in [5, 5.41) is 12.1. The molecule has 0 unspecified atom stereocenters. The minimum Gasteiger partial charge on any atom is -0.380 e. The molecule has 0 saturated carbocycles. The van der Waals surface area contributed by atoms with E-state index in [1.54, 1.807) is 42.5 Å². The third-order valence-electron chi connectivity index (χ3n) is 3.36. The number of nitrogens with zero attached hydrogens (tertiary/aromatic N) is 1. The maximum atomic E-state index is 11.6. The quantitative estimate of drug-likeness (QED) is 0.853. The Labute approximate surface area is 135 Å². The summed E-state index contributed by atoms with van der Waals surface area (Å²) in [6.07, 6.45) is 1.16. The number of hydrogen-bond donors (Lipinski definition) is 1. The molecule has 0 spiro atoms. The van der Waals surface area contributed by atoms with E-state index in [2.05, 4.69) is 5.32 Å². The number of benzene rings is 2. The SMILES string of the molecule is CC(=O)c1ccc(C#N)cc1NCc1ccc(S(C)(=O)=O)cc1. The highest BCUT2D eigenvalue weighted by Crippen LogP contribution is 2.20. The van der Waals surface area contributed by atoms with Crippen LogP contribution in [0.1, 0.15) is 28.4 Å². The van der Waals surface area contributed by atoms with Crippen molar-refractivity contribution in [2.45, 2.75) is 18.4 Å². The van der Waals surface area contributed by atoms with Crippen LogP contribution < -0.4 is 5.32 Å². The first-order chi connectivity index (χ1) is 10.8. The van der Waals surface area contributed by atoms with Gasteiger partial charge in [0, 0.05) is 24.1 Å². The van der Waals surface area contributed by atoms with Crippen LogP contribution >= 0.6 is 0 Å². The maximum absolute atomic E-state index is 11.6. The van der Waals surface area contributed by atoms with E-state index in [1.165, 1.54) is 6.92 Å². The van der Waals surface area contributed by atoms with Gasteiger partial charge in [-0.2, -0.15) is 5.26 Å². The van der Waals surface area contributed by atoms with Gasteiger partial charge in [-0.15, -0.1) is 0 Å². The molecule has 0 fully saturated rings. The minimum absolute atomic E-state index is 0.0931. The molecule has 1 N–H and O–H groups in total. The summed E-state index contributed by atoms with van der Waals surface area (Å²) >= 11 is 0. The number of ketones is 1. The van der Waals surface area contributed by atoms with Crippen LogP contribution in [-0.4, -0.2) is 20.5 Å². The summed E-state index contributed by atoms with van der Waals surface area (Å²) in [6, 6.07) is 13.4. The molecule has 0 aliphatic heterocycles. The van der Waals surface area contributed by atoms with Gasteiger partial charge in [0.15, 0.2) is 15.6 Å². The fourth-order valence-corrected chi connectivity index (χ4v) is 2.75. The smallest absolute Gasteiger partial charge is 0.175 e. The first-order valence-corrected chi connectivity index (χ1v) is 8.78. The number of carbonyl (C=O) groups excluding carboxylic acids is 1. The lowest BCUT2D eigenvalue weighted by Gasteiger charge is -2.11. The van der Waals surface area contributed by atoms with Gasteiger partial charge in [0.25, 0.3) is 0 Å². The lowest BCUT2D eigenvalue weighted by atomic mass is 10.1. The molecule has 0 atom stereocenters. The molecular weight excluding hydrogens is 312 g/mol. The second-order valence-electron chi connectivity index (χ2n) is 5.20. The molecule has 0 aliphatic carbocycles. The van der Waals surface area contributed by atoms with Crippen LogP contribution in [0, 0.1) is 11.3 Å². The van der Waals surface area contributed by atoms with Crippen LogP contribution in [0.4, 0.5) is 5.69 Å². The van der Waals surface area contributed by atoms with Crippen molar-refractivity contribution in [2.75, 3.05) is 11.6 Å². The van der Waals surface area contributed by atoms with E-state index < -0.39 is 9.84 Å². The molecule has 2 rings (SSSR count). The van der Waals surface area contributed by atoms with Gasteiger partial charge >= 0.3 is 0 Å². The van der Waals surface area contributed by atoms with Crippen molar-refractivity contribution in [3.8, 4) is 6.07 Å². The normalized spacial score (nSPS) is 10.8. The summed E-state index contributed by atoms with van der Waals surface area (Å²) in [6.45, 7) is 1.88. The largest absolute Gasteiger partial charge is 0.380 e. The van der Waals surface area contributed by atoms with Crippen molar-refractivity contribution in [1.82, 2.24) is 0 Å². The van der Waals surface area contributed by atoms with Gasteiger partial charge < -0.3 is 5.32 Å². The Morgan fingerprint density at radius 2 is 1.83 bits per heavy atom. The molecule has 2 aromatic rings. The van der Waals surface area contributed by atoms with Crippen molar-refractivity contribution < 1.29 is 13.2 Å². The fraction of sp³-hybridized carbons (Fsp3) is 0.176. The van der Waals surface area contributed by atoms with Crippen LogP contribution in [0.2, 0.25) is 0 Å². The van der Waals surface area contributed by atoms with Gasteiger partial charge in [-0.3, -0.25) is 4.79 Å². The van der Waals surface area contributed by atoms with E-state index >= 15 is 0 Å². The topological polar surface area (TPSA) is 87.0 Å². The summed E-state index contributed by atoms with van der Waals surface area (Å²) in [4.78, 5) is 11.9. The van der Waals surface area contributed by atoms with Crippen LogP contribution in [0.15, 0.2) is 47.4 Å². The molecule has 6 heteroatoms. The number of carbonyl (C=O) groups is 1. The average molecular weight is 328 g/mol. The van der Waals surface area contributed by atoms with Gasteiger partial charge in [0.2, 0.25) is 0 Å². The van der Waals surface area contributed by atoms with Gasteiger partial charge in [-0.05, 0) is 42.8 Å². The second kappa shape index (κ2) is 6.63. The minimum atomic E-state index is -3.21. The lowest BCUT2D eigenvalue weighted by molar-refractivity contribution is 0.101. The zero-order valence-electron chi connectivity index (χ0n) is 12.8. The van der Waals surface area contributed by atoms with Crippen LogP contribution in [0.5, 0.6) is 0 Å². The molecule has 0 bridgehead atoms. The molecule has 0 aliphatic rings. The third kappa shape index (κ3) is 4.18. The summed E-state index contributed by atoms with van der Waals surface area (Å²) < 4.78 is 22.9. The Morgan fingerprint density at radius 1 is 1.17 bits per heavy atom. The molecule has 0 saturated heterocycles. The molecule has 5 nitrogen and oxygen atoms in total. The zero-order chi connectivity index (χ0) is 17.0. The molecule has 0 radical (unpaired) electrons. The van der Waals surface area contributed by atoms with Crippen LogP contribution in [0.3, 0.4) is 0 Å². The molecule has 0 aromatic heterocycles. The highest BCUT2D eigenvalue weighted by Gasteiger charge is 2.09. The van der Waals surface area contributed by atoms with Crippen LogP contribution in [0.25, 0.3) is 0 Å². The molecule has 118 valence electrons. The number of rotatable bonds is 5. The van der Waals surface area contributed by atoms with Gasteiger partial charge in [0.05, 0.1) is 16.5 Å². The summed E-state index contributed by atoms with van der Waals surface area (Å²) in [5.74, 6) is -0.0931. The molecule has 23 heavy (non-hydrogen) atoms. The van der Waals surface area contributed by atoms with Crippen molar-refractivity contribution in [2.24, 2.45) is 0 Å². The van der Waals surface area contributed by atoms with E-state index in [1.807, 2.05) is 6.07 Å². The van der Waals surface area contributed by atoms with E-state index in [-0.39, 0.29) is 10.7 Å². The highest BCUT2D eigenvalue weighted by atomic mass is 32.2. The standard InChI is InChI=1S/C17H16N2O3S/c1-12(20)16-8-5-14(10-18)9-17(16)19-11-13-3-6-15(7-4-13)23(2,21)22/h3-9,19H,11H2,1-2H3. The Kier molecular flexibility index (Phi) is 4.82. The molecular formula is C17H16N2O3S. The van der Waals surface area contributed by atoms with E-state index in [0.717, 1.165) is 11.8 Å². The number of Topliss-reactive ketones (excluding diaryl/α,β-unsaturated/α-hetero) is 1. The fourth-order valence-electron chi connectivity index (χ4n) is 2.12. The number of nitrogens with one attached hydrogen (secondary N) is 1. The van der Waals surface area contributed by atoms with Gasteiger partial charge in [-0.25, -0.2) is 8.42 Å². The number of nitriles is 1. The third-order valence-corrected chi connectivity index (χ3v) is 4.49. The number of anilines is 1. The molecule has 2 aromatic carbocycles. The summed E-state index contributed by atoms with van der Waals surface area (Å²) in [5.41, 5.74) is 2.43. The van der Waals surface area contributed by atoms with Crippen molar-refractivity contribution in [3.63, 3.8) is 0 Å². The Morgan fingerprint density at radius 3 is 2.35 bits per heavy atom. The maximum Gasteiger partial charge on any atom is 0.175 e. The predicted molar refractivity (Wildman–Crippen MR) is 88.0 cm³/mol.